The van der Waals surface area contributed by atoms with Crippen LogP contribution in [0.25, 0.3) is 5.78 Å². The Morgan fingerprint density at radius 2 is 1.86 bits per heavy atom. The van der Waals surface area contributed by atoms with Crippen molar-refractivity contribution in [3.63, 3.8) is 0 Å². The van der Waals surface area contributed by atoms with E-state index in [1.54, 1.807) is 10.7 Å². The van der Waals surface area contributed by atoms with Gasteiger partial charge in [-0.05, 0) is 58.0 Å². The Labute approximate surface area is 163 Å². The molecular formula is C19H24N6O3. The van der Waals surface area contributed by atoms with E-state index >= 15 is 0 Å². The minimum atomic E-state index is -0.276. The molecule has 148 valence electrons. The van der Waals surface area contributed by atoms with Gasteiger partial charge < -0.3 is 19.6 Å². The Bertz CT molecular complexity index is 946. The summed E-state index contributed by atoms with van der Waals surface area (Å²) in [6, 6.07) is 9.39. The van der Waals surface area contributed by atoms with Crippen molar-refractivity contribution in [2.45, 2.75) is 39.4 Å². The van der Waals surface area contributed by atoms with Crippen LogP contribution in [0.3, 0.4) is 0 Å². The van der Waals surface area contributed by atoms with Crippen LogP contribution >= 0.6 is 0 Å². The molecule has 0 saturated carbocycles. The van der Waals surface area contributed by atoms with Crippen molar-refractivity contribution in [1.29, 1.82) is 0 Å². The third-order valence-electron chi connectivity index (χ3n) is 3.60. The highest BCUT2D eigenvalue weighted by atomic mass is 16.6. The smallest absolute Gasteiger partial charge is 0.254 e. The molecule has 1 N–H and O–H groups in total. The topological polar surface area (TPSA) is 95.2 Å². The molecule has 9 nitrogen and oxygen atoms in total. The van der Waals surface area contributed by atoms with E-state index in [-0.39, 0.29) is 11.7 Å². The van der Waals surface area contributed by atoms with Gasteiger partial charge in [0.1, 0.15) is 36.7 Å². The van der Waals surface area contributed by atoms with Gasteiger partial charge in [0, 0.05) is 6.20 Å². The van der Waals surface area contributed by atoms with E-state index in [4.69, 9.17) is 9.47 Å². The molecule has 3 aromatic rings. The van der Waals surface area contributed by atoms with E-state index in [0.29, 0.717) is 11.7 Å². The molecule has 0 aliphatic rings. The summed E-state index contributed by atoms with van der Waals surface area (Å²) in [5.41, 5.74) is 0.565. The summed E-state index contributed by atoms with van der Waals surface area (Å²) in [5.74, 6) is 2.33. The highest BCUT2D eigenvalue weighted by Crippen LogP contribution is 2.25. The van der Waals surface area contributed by atoms with Gasteiger partial charge in [0.25, 0.3) is 5.78 Å². The van der Waals surface area contributed by atoms with Crippen molar-refractivity contribution >= 4 is 18.1 Å². The number of benzene rings is 1. The molecule has 0 radical (unpaired) electrons. The molecule has 2 aromatic heterocycles. The fraction of sp³-hybridized carbons (Fsp3) is 0.368. The fourth-order valence-electron chi connectivity index (χ4n) is 2.52. The molecule has 0 aliphatic carbocycles. The van der Waals surface area contributed by atoms with Crippen molar-refractivity contribution in [2.75, 3.05) is 12.4 Å². The molecule has 0 saturated heterocycles. The molecule has 0 amide bonds. The predicted octanol–water partition coefficient (Wildman–Crippen LogP) is 3.44. The number of oxime groups is 1. The molecule has 0 bridgehead atoms. The van der Waals surface area contributed by atoms with E-state index in [1.165, 1.54) is 13.4 Å². The monoisotopic (exact) mass is 384 g/mol. The van der Waals surface area contributed by atoms with Crippen LogP contribution in [-0.4, -0.2) is 38.6 Å². The van der Waals surface area contributed by atoms with Crippen LogP contribution in [0.4, 0.5) is 5.95 Å². The maximum absolute atomic E-state index is 6.06. The molecule has 0 aliphatic heterocycles. The fourth-order valence-corrected chi connectivity index (χ4v) is 2.52. The van der Waals surface area contributed by atoms with Gasteiger partial charge in [-0.3, -0.25) is 0 Å². The minimum Gasteiger partial charge on any atom is -0.488 e. The summed E-state index contributed by atoms with van der Waals surface area (Å²) in [6.07, 6.45) is 2.75. The summed E-state index contributed by atoms with van der Waals surface area (Å²) in [5, 5.41) is 10.8. The van der Waals surface area contributed by atoms with Gasteiger partial charge in [-0.15, -0.1) is 5.10 Å². The Kier molecular flexibility index (Phi) is 5.62. The summed E-state index contributed by atoms with van der Waals surface area (Å²) in [6.45, 7) is 7.97. The van der Waals surface area contributed by atoms with Crippen LogP contribution in [0.5, 0.6) is 11.5 Å². The standard InChI is InChI=1S/C19H24N6O3/c1-13(27-14-6-8-15(9-7-14)28-19(2,3)4)16-10-11-20-18-23-17(24-25(16)18)21-12-22-26-5/h6-13H,1-5H3,(H,21,22,24). The van der Waals surface area contributed by atoms with E-state index in [9.17, 15) is 0 Å². The quantitative estimate of drug-likeness (QED) is 0.379. The average molecular weight is 384 g/mol. The Hall–Kier alpha value is -3.36. The van der Waals surface area contributed by atoms with Gasteiger partial charge in [-0.25, -0.2) is 4.98 Å². The summed E-state index contributed by atoms with van der Waals surface area (Å²) < 4.78 is 13.5. The first-order chi connectivity index (χ1) is 13.4. The normalized spacial score (nSPS) is 12.9. The van der Waals surface area contributed by atoms with E-state index < -0.39 is 0 Å². The van der Waals surface area contributed by atoms with Crippen molar-refractivity contribution in [1.82, 2.24) is 19.6 Å². The molecule has 9 heteroatoms. The largest absolute Gasteiger partial charge is 0.488 e. The maximum atomic E-state index is 6.06. The van der Waals surface area contributed by atoms with Gasteiger partial charge in [-0.2, -0.15) is 9.50 Å². The Morgan fingerprint density at radius 3 is 2.54 bits per heavy atom. The molecule has 3 rings (SSSR count). The van der Waals surface area contributed by atoms with Gasteiger partial charge in [0.2, 0.25) is 5.95 Å². The number of nitrogens with one attached hydrogen (secondary N) is 1. The number of fused-ring (bicyclic) bond motifs is 1. The van der Waals surface area contributed by atoms with E-state index in [2.05, 4.69) is 30.4 Å². The summed E-state index contributed by atoms with van der Waals surface area (Å²) >= 11 is 0. The zero-order chi connectivity index (χ0) is 20.1. The zero-order valence-electron chi connectivity index (χ0n) is 16.6. The number of aromatic nitrogens is 4. The first-order valence-corrected chi connectivity index (χ1v) is 8.85. The maximum Gasteiger partial charge on any atom is 0.254 e. The molecule has 1 unspecified atom stereocenters. The third kappa shape index (κ3) is 4.87. The third-order valence-corrected chi connectivity index (χ3v) is 3.60. The molecule has 0 fully saturated rings. The molecule has 28 heavy (non-hydrogen) atoms. The highest BCUT2D eigenvalue weighted by molar-refractivity contribution is 5.71. The summed E-state index contributed by atoms with van der Waals surface area (Å²) in [7, 11) is 1.45. The second-order valence-corrected chi connectivity index (χ2v) is 7.02. The second-order valence-electron chi connectivity index (χ2n) is 7.02. The highest BCUT2D eigenvalue weighted by Gasteiger charge is 2.16. The predicted molar refractivity (Wildman–Crippen MR) is 106 cm³/mol. The van der Waals surface area contributed by atoms with Crippen LogP contribution in [0, 0.1) is 0 Å². The van der Waals surface area contributed by atoms with Crippen LogP contribution < -0.4 is 14.8 Å². The van der Waals surface area contributed by atoms with Crippen LogP contribution in [0.1, 0.15) is 39.5 Å². The summed E-state index contributed by atoms with van der Waals surface area (Å²) in [4.78, 5) is 13.1. The molecule has 2 heterocycles. The first-order valence-electron chi connectivity index (χ1n) is 8.85. The molecule has 1 aromatic carbocycles. The van der Waals surface area contributed by atoms with Crippen molar-refractivity contribution in [3.05, 3.63) is 42.2 Å². The number of rotatable bonds is 7. The van der Waals surface area contributed by atoms with Crippen molar-refractivity contribution in [2.24, 2.45) is 5.16 Å². The molecule has 1 atom stereocenters. The average Bonchev–Trinajstić information content (AvgIpc) is 3.05. The van der Waals surface area contributed by atoms with Crippen molar-refractivity contribution in [3.8, 4) is 11.5 Å². The number of nitrogens with zero attached hydrogens (tertiary/aromatic N) is 5. The number of ether oxygens (including phenoxy) is 2. The second kappa shape index (κ2) is 8.12. The number of hydrogen-bond donors (Lipinski definition) is 1. The SMILES string of the molecule is CO/N=C\Nc1nc2nccc(C(C)Oc3ccc(OC(C)(C)C)cc3)n2n1. The van der Waals surface area contributed by atoms with Gasteiger partial charge in [0.05, 0.1) is 5.69 Å². The Morgan fingerprint density at radius 1 is 1.14 bits per heavy atom. The molecule has 0 spiro atoms. The molecular weight excluding hydrogens is 360 g/mol. The van der Waals surface area contributed by atoms with Gasteiger partial charge >= 0.3 is 0 Å². The van der Waals surface area contributed by atoms with Crippen LogP contribution in [-0.2, 0) is 4.84 Å². The van der Waals surface area contributed by atoms with E-state index in [1.807, 2.05) is 58.0 Å². The zero-order valence-corrected chi connectivity index (χ0v) is 16.6. The van der Waals surface area contributed by atoms with E-state index in [0.717, 1.165) is 17.2 Å². The lowest BCUT2D eigenvalue weighted by Gasteiger charge is -2.21. The number of anilines is 1. The first kappa shape index (κ1) is 19.4. The van der Waals surface area contributed by atoms with Crippen LogP contribution in [0.2, 0.25) is 0 Å². The Balaban J connectivity index is 1.75. The van der Waals surface area contributed by atoms with Gasteiger partial charge in [-0.1, -0.05) is 5.16 Å². The van der Waals surface area contributed by atoms with Gasteiger partial charge in [0.15, 0.2) is 0 Å². The van der Waals surface area contributed by atoms with Crippen molar-refractivity contribution < 1.29 is 14.3 Å². The lowest BCUT2D eigenvalue weighted by Crippen LogP contribution is -2.22. The lowest BCUT2D eigenvalue weighted by molar-refractivity contribution is 0.130. The number of hydrogen-bond acceptors (Lipinski definition) is 7. The minimum absolute atomic E-state index is 0.245. The lowest BCUT2D eigenvalue weighted by atomic mass is 10.2. The van der Waals surface area contributed by atoms with Crippen LogP contribution in [0.15, 0.2) is 41.7 Å².